The van der Waals surface area contributed by atoms with Crippen molar-refractivity contribution in [2.24, 2.45) is 7.05 Å². The van der Waals surface area contributed by atoms with E-state index in [9.17, 15) is 9.59 Å². The van der Waals surface area contributed by atoms with E-state index in [4.69, 9.17) is 0 Å². The lowest BCUT2D eigenvalue weighted by molar-refractivity contribution is -0.133. The van der Waals surface area contributed by atoms with Gasteiger partial charge in [0.1, 0.15) is 0 Å². The van der Waals surface area contributed by atoms with Crippen LogP contribution in [0.1, 0.15) is 29.1 Å². The Morgan fingerprint density at radius 2 is 2.04 bits per heavy atom. The quantitative estimate of drug-likeness (QED) is 0.712. The van der Waals surface area contributed by atoms with E-state index in [1.807, 2.05) is 23.1 Å². The number of aromatic nitrogens is 2. The fraction of sp³-hybridized carbons (Fsp3) is 0.316. The number of benzene rings is 1. The first-order valence-electron chi connectivity index (χ1n) is 8.37. The molecular formula is C19H19N3O2S. The number of hydrogen-bond acceptors (Lipinski definition) is 4. The molecule has 0 saturated carbocycles. The molecule has 0 radical (unpaired) electrons. The van der Waals surface area contributed by atoms with Crippen LogP contribution in [-0.2, 0) is 24.7 Å². The van der Waals surface area contributed by atoms with Crippen LogP contribution in [0.3, 0.4) is 0 Å². The minimum Gasteiger partial charge on any atom is -0.335 e. The van der Waals surface area contributed by atoms with Crippen LogP contribution >= 0.6 is 11.3 Å². The second kappa shape index (κ2) is 6.11. The van der Waals surface area contributed by atoms with Gasteiger partial charge in [-0.05, 0) is 36.4 Å². The highest BCUT2D eigenvalue weighted by molar-refractivity contribution is 7.10. The Morgan fingerprint density at radius 1 is 1.28 bits per heavy atom. The fourth-order valence-electron chi connectivity index (χ4n) is 3.60. The summed E-state index contributed by atoms with van der Waals surface area (Å²) in [5.74, 6) is 0.0562. The Morgan fingerprint density at radius 3 is 2.84 bits per heavy atom. The maximum Gasteiger partial charge on any atom is 0.274 e. The summed E-state index contributed by atoms with van der Waals surface area (Å²) in [5, 5.41) is 7.82. The Kier molecular flexibility index (Phi) is 3.92. The largest absolute Gasteiger partial charge is 0.335 e. The Bertz CT molecular complexity index is 1020. The second-order valence-corrected chi connectivity index (χ2v) is 7.41. The topological polar surface area (TPSA) is 55.2 Å². The third kappa shape index (κ3) is 2.66. The summed E-state index contributed by atoms with van der Waals surface area (Å²) >= 11 is 1.76. The Balaban J connectivity index is 1.67. The van der Waals surface area contributed by atoms with Crippen LogP contribution in [-0.4, -0.2) is 27.1 Å². The molecule has 1 aromatic carbocycles. The summed E-state index contributed by atoms with van der Waals surface area (Å²) in [5.41, 5.74) is 1.77. The van der Waals surface area contributed by atoms with Crippen LogP contribution in [0.2, 0.25) is 0 Å². The Hall–Kier alpha value is -2.47. The molecule has 0 N–H and O–H groups in total. The predicted molar refractivity (Wildman–Crippen MR) is 98.8 cm³/mol. The molecule has 1 amide bonds. The molecule has 6 heteroatoms. The van der Waals surface area contributed by atoms with Gasteiger partial charge in [-0.25, -0.2) is 4.68 Å². The van der Waals surface area contributed by atoms with Gasteiger partial charge in [-0.1, -0.05) is 18.2 Å². The molecule has 25 heavy (non-hydrogen) atoms. The monoisotopic (exact) mass is 353 g/mol. The van der Waals surface area contributed by atoms with Gasteiger partial charge in [0, 0.05) is 23.9 Å². The van der Waals surface area contributed by atoms with E-state index in [1.54, 1.807) is 24.5 Å². The number of carbonyl (C=O) groups excluding carboxylic acids is 1. The molecule has 1 aliphatic heterocycles. The first kappa shape index (κ1) is 16.0. The Labute approximate surface area is 149 Å². The second-order valence-electron chi connectivity index (χ2n) is 6.41. The van der Waals surface area contributed by atoms with Gasteiger partial charge in [0.2, 0.25) is 5.91 Å². The molecule has 1 aliphatic rings. The SMILES string of the molecule is C[C@H]1c2ccsc2CCN1C(=O)Cc1nn(C)c(=O)c2ccccc12. The molecule has 5 nitrogen and oxygen atoms in total. The number of hydrogen-bond donors (Lipinski definition) is 0. The van der Waals surface area contributed by atoms with Crippen molar-refractivity contribution >= 4 is 28.0 Å². The highest BCUT2D eigenvalue weighted by Crippen LogP contribution is 2.33. The first-order chi connectivity index (χ1) is 12.1. The van der Waals surface area contributed by atoms with Gasteiger partial charge in [-0.3, -0.25) is 9.59 Å². The van der Waals surface area contributed by atoms with Crippen molar-refractivity contribution in [1.82, 2.24) is 14.7 Å². The molecule has 1 atom stereocenters. The third-order valence-corrected chi connectivity index (χ3v) is 5.95. The highest BCUT2D eigenvalue weighted by atomic mass is 32.1. The summed E-state index contributed by atoms with van der Waals surface area (Å²) in [7, 11) is 1.63. The fourth-order valence-corrected chi connectivity index (χ4v) is 4.56. The summed E-state index contributed by atoms with van der Waals surface area (Å²) in [4.78, 5) is 28.5. The van der Waals surface area contributed by atoms with Gasteiger partial charge < -0.3 is 4.90 Å². The van der Waals surface area contributed by atoms with Crippen LogP contribution < -0.4 is 5.56 Å². The molecule has 3 heterocycles. The molecule has 0 fully saturated rings. The molecule has 0 unspecified atom stereocenters. The number of rotatable bonds is 2. The number of nitrogens with zero attached hydrogens (tertiary/aromatic N) is 3. The zero-order valence-electron chi connectivity index (χ0n) is 14.2. The molecule has 4 rings (SSSR count). The molecule has 128 valence electrons. The van der Waals surface area contributed by atoms with Crippen LogP contribution in [0, 0.1) is 0 Å². The molecular weight excluding hydrogens is 334 g/mol. The average Bonchev–Trinajstić information content (AvgIpc) is 3.09. The van der Waals surface area contributed by atoms with Gasteiger partial charge in [-0.2, -0.15) is 5.10 Å². The van der Waals surface area contributed by atoms with Crippen LogP contribution in [0.25, 0.3) is 10.8 Å². The summed E-state index contributed by atoms with van der Waals surface area (Å²) in [6, 6.07) is 9.56. The van der Waals surface area contributed by atoms with E-state index in [0.717, 1.165) is 18.4 Å². The lowest BCUT2D eigenvalue weighted by Crippen LogP contribution is -2.39. The molecule has 0 aliphatic carbocycles. The van der Waals surface area contributed by atoms with E-state index < -0.39 is 0 Å². The standard InChI is InChI=1S/C19H19N3O2S/c1-12-13-8-10-25-17(13)7-9-22(12)18(23)11-16-14-5-3-4-6-15(14)19(24)21(2)20-16/h3-6,8,10,12H,7,9,11H2,1-2H3/t12-/m0/s1. The van der Waals surface area contributed by atoms with E-state index in [1.165, 1.54) is 15.1 Å². The zero-order valence-corrected chi connectivity index (χ0v) is 15.0. The zero-order chi connectivity index (χ0) is 17.6. The minimum atomic E-state index is -0.138. The van der Waals surface area contributed by atoms with Crippen LogP contribution in [0.4, 0.5) is 0 Å². The van der Waals surface area contributed by atoms with Crippen molar-refractivity contribution in [1.29, 1.82) is 0 Å². The van der Waals surface area contributed by atoms with E-state index in [-0.39, 0.29) is 23.9 Å². The smallest absolute Gasteiger partial charge is 0.274 e. The van der Waals surface area contributed by atoms with Crippen molar-refractivity contribution in [3.05, 3.63) is 62.2 Å². The van der Waals surface area contributed by atoms with Crippen molar-refractivity contribution in [3.8, 4) is 0 Å². The number of carbonyl (C=O) groups is 1. The van der Waals surface area contributed by atoms with Crippen molar-refractivity contribution < 1.29 is 4.79 Å². The highest BCUT2D eigenvalue weighted by Gasteiger charge is 2.28. The van der Waals surface area contributed by atoms with Crippen molar-refractivity contribution in [3.63, 3.8) is 0 Å². The van der Waals surface area contributed by atoms with E-state index in [0.29, 0.717) is 11.1 Å². The van der Waals surface area contributed by atoms with Gasteiger partial charge in [0.25, 0.3) is 5.56 Å². The van der Waals surface area contributed by atoms with Crippen LogP contribution in [0.5, 0.6) is 0 Å². The van der Waals surface area contributed by atoms with Crippen molar-refractivity contribution in [2.45, 2.75) is 25.8 Å². The van der Waals surface area contributed by atoms with Gasteiger partial charge in [-0.15, -0.1) is 11.3 Å². The predicted octanol–water partition coefficient (Wildman–Crippen LogP) is 2.68. The minimum absolute atomic E-state index is 0.0562. The molecule has 0 spiro atoms. The van der Waals surface area contributed by atoms with Crippen molar-refractivity contribution in [2.75, 3.05) is 6.54 Å². The lowest BCUT2D eigenvalue weighted by atomic mass is 10.0. The normalized spacial score (nSPS) is 16.9. The van der Waals surface area contributed by atoms with Crippen LogP contribution in [0.15, 0.2) is 40.5 Å². The molecule has 2 aromatic heterocycles. The molecule has 3 aromatic rings. The number of thiophene rings is 1. The van der Waals surface area contributed by atoms with Gasteiger partial charge >= 0.3 is 0 Å². The van der Waals surface area contributed by atoms with E-state index >= 15 is 0 Å². The number of aryl methyl sites for hydroxylation is 1. The third-order valence-electron chi connectivity index (χ3n) is 4.95. The van der Waals surface area contributed by atoms with Gasteiger partial charge in [0.15, 0.2) is 0 Å². The van der Waals surface area contributed by atoms with Gasteiger partial charge in [0.05, 0.1) is 23.5 Å². The summed E-state index contributed by atoms with van der Waals surface area (Å²) < 4.78 is 1.32. The van der Waals surface area contributed by atoms with E-state index in [2.05, 4.69) is 23.5 Å². The number of fused-ring (bicyclic) bond motifs is 2. The number of amides is 1. The maximum atomic E-state index is 13.0. The molecule has 0 bridgehead atoms. The molecule has 0 saturated heterocycles. The summed E-state index contributed by atoms with van der Waals surface area (Å²) in [6.07, 6.45) is 1.11. The first-order valence-corrected chi connectivity index (χ1v) is 9.25. The summed E-state index contributed by atoms with van der Waals surface area (Å²) in [6.45, 7) is 2.81. The average molecular weight is 353 g/mol. The lowest BCUT2D eigenvalue weighted by Gasteiger charge is -2.33. The maximum absolute atomic E-state index is 13.0.